The summed E-state index contributed by atoms with van der Waals surface area (Å²) in [5.74, 6) is 0. The summed E-state index contributed by atoms with van der Waals surface area (Å²) < 4.78 is 3.38. The molecule has 7 heavy (non-hydrogen) atoms. The van der Waals surface area contributed by atoms with Crippen LogP contribution in [0.3, 0.4) is 0 Å². The fraction of sp³-hybridized carbons (Fsp3) is 0.667. The van der Waals surface area contributed by atoms with E-state index in [1.54, 1.807) is 0 Å². The molecule has 4 heteroatoms. The first-order valence-corrected chi connectivity index (χ1v) is 10.8. The van der Waals surface area contributed by atoms with Gasteiger partial charge in [0.05, 0.1) is 0 Å². The lowest BCUT2D eigenvalue weighted by atomic mass is 10.8. The van der Waals surface area contributed by atoms with Crippen molar-refractivity contribution in [3.63, 3.8) is 0 Å². The number of nitrogens with one attached hydrogen (secondary N) is 1. The van der Waals surface area contributed by atoms with Crippen molar-refractivity contribution in [2.45, 2.75) is 0 Å². The summed E-state index contributed by atoms with van der Waals surface area (Å²) in [6.45, 7) is 1.10. The van der Waals surface area contributed by atoms with Crippen LogP contribution >= 0.6 is 58.0 Å². The average Bonchev–Trinajstić information content (AvgIpc) is 1.69. The molecular weight excluding hydrogens is 431 g/mol. The van der Waals surface area contributed by atoms with E-state index < -0.39 is 0 Å². The quantitative estimate of drug-likeness (QED) is 0.309. The molecule has 0 fully saturated rings. The summed E-state index contributed by atoms with van der Waals surface area (Å²) >= 11 is 5.12. The molecule has 0 aliphatic heterocycles. The van der Waals surface area contributed by atoms with Crippen molar-refractivity contribution < 1.29 is 0 Å². The Morgan fingerprint density at radius 1 is 1.71 bits per heavy atom. The first-order chi connectivity index (χ1) is 3.41. The second-order valence-electron chi connectivity index (χ2n) is 0.825. The minimum Gasteiger partial charge on any atom is -0.304 e. The fourth-order valence-corrected chi connectivity index (χ4v) is 2.04. The van der Waals surface area contributed by atoms with Gasteiger partial charge in [0.2, 0.25) is 0 Å². The Bertz CT molecular complexity index is 54.1. The summed E-state index contributed by atoms with van der Waals surface area (Å²) in [6, 6.07) is 0. The number of hydrogen-bond donors (Lipinski definition) is 1. The van der Waals surface area contributed by atoms with Crippen LogP contribution in [0.5, 0.6) is 0 Å². The van der Waals surface area contributed by atoms with Gasteiger partial charge in [-0.05, 0) is 39.4 Å². The summed E-state index contributed by atoms with van der Waals surface area (Å²) in [5, 5.41) is 3.20. The third-order valence-electron chi connectivity index (χ3n) is 0.374. The highest BCUT2D eigenvalue weighted by Gasteiger charge is 1.71. The van der Waals surface area contributed by atoms with Crippen LogP contribution in [0, 0.1) is 0 Å². The Hall–Kier alpha value is 2.02. The van der Waals surface area contributed by atoms with Crippen LogP contribution in [0.15, 0.2) is 0 Å². The molecule has 0 rings (SSSR count). The predicted octanol–water partition coefficient (Wildman–Crippen LogP) is 2.09. The molecule has 0 radical (unpaired) electrons. The lowest BCUT2D eigenvalue weighted by Gasteiger charge is -1.87. The van der Waals surface area contributed by atoms with Gasteiger partial charge in [0.15, 0.2) is 0 Å². The standard InChI is InChI=1S/C3H6I3N/c4-3-7-2-1-6-5/h1,7H,2-3H2. The first kappa shape index (κ1) is 9.02. The second kappa shape index (κ2) is 8.02. The summed E-state index contributed by atoms with van der Waals surface area (Å²) in [4.78, 5) is 0. The molecule has 44 valence electrons. The monoisotopic (exact) mass is 437 g/mol. The van der Waals surface area contributed by atoms with Gasteiger partial charge in [0.1, 0.15) is 0 Å². The van der Waals surface area contributed by atoms with Crippen LogP contribution in [0.2, 0.25) is 0 Å². The van der Waals surface area contributed by atoms with Gasteiger partial charge >= 0.3 is 0 Å². The molecule has 0 saturated carbocycles. The third-order valence-corrected chi connectivity index (χ3v) is 3.92. The molecule has 0 aromatic carbocycles. The van der Waals surface area contributed by atoms with Crippen molar-refractivity contribution >= 4 is 62.0 Å². The molecule has 0 aliphatic rings. The van der Waals surface area contributed by atoms with Gasteiger partial charge in [-0.1, -0.05) is 22.6 Å². The van der Waals surface area contributed by atoms with Crippen molar-refractivity contribution in [1.82, 2.24) is 5.32 Å². The highest BCUT2D eigenvalue weighted by molar-refractivity contribution is 15.0. The lowest BCUT2D eigenvalue weighted by molar-refractivity contribution is 0.951. The van der Waals surface area contributed by atoms with Gasteiger partial charge in [-0.2, -0.15) is 0 Å². The van der Waals surface area contributed by atoms with Crippen LogP contribution in [-0.2, 0) is 0 Å². The summed E-state index contributed by atoms with van der Waals surface area (Å²) in [5.41, 5.74) is 0. The Labute approximate surface area is 77.1 Å². The fourth-order valence-electron chi connectivity index (χ4n) is 0.138. The predicted molar refractivity (Wildman–Crippen MR) is 61.0 cm³/mol. The Kier molecular flexibility index (Phi) is 10.3. The van der Waals surface area contributed by atoms with E-state index in [0.717, 1.165) is 11.1 Å². The largest absolute Gasteiger partial charge is 0.304 e. The maximum atomic E-state index is 3.20. The Balaban J connectivity index is 2.69. The van der Waals surface area contributed by atoms with Crippen molar-refractivity contribution in [3.05, 3.63) is 0 Å². The molecule has 0 aromatic heterocycles. The van der Waals surface area contributed by atoms with Gasteiger partial charge in [0.25, 0.3) is 0 Å². The van der Waals surface area contributed by atoms with Crippen LogP contribution < -0.4 is 5.32 Å². The van der Waals surface area contributed by atoms with Crippen molar-refractivity contribution in [2.75, 3.05) is 11.1 Å². The van der Waals surface area contributed by atoms with E-state index >= 15 is 0 Å². The maximum absolute atomic E-state index is 3.20. The zero-order valence-electron chi connectivity index (χ0n) is 3.63. The van der Waals surface area contributed by atoms with Crippen molar-refractivity contribution in [3.8, 4) is 0 Å². The van der Waals surface area contributed by atoms with Crippen LogP contribution in [0.25, 0.3) is 0 Å². The SMILES string of the molecule is ICNCC=II. The van der Waals surface area contributed by atoms with Gasteiger partial charge < -0.3 is 5.32 Å². The van der Waals surface area contributed by atoms with Crippen molar-refractivity contribution in [1.29, 1.82) is 0 Å². The van der Waals surface area contributed by atoms with E-state index in [0.29, 0.717) is 16.8 Å². The van der Waals surface area contributed by atoms with Gasteiger partial charge in [-0.3, -0.25) is 0 Å². The zero-order valence-corrected chi connectivity index (χ0v) is 10.1. The maximum Gasteiger partial charge on any atom is 0.0482 e. The first-order valence-electron chi connectivity index (χ1n) is 1.74. The molecule has 0 atom stereocenters. The zero-order chi connectivity index (χ0) is 5.54. The molecule has 0 aliphatic carbocycles. The second-order valence-corrected chi connectivity index (χ2v) is 6.10. The normalized spacial score (nSPS) is 11.7. The van der Waals surface area contributed by atoms with Crippen LogP contribution in [0.1, 0.15) is 0 Å². The topological polar surface area (TPSA) is 12.0 Å². The van der Waals surface area contributed by atoms with Gasteiger partial charge in [-0.15, -0.1) is 0 Å². The molecule has 0 bridgehead atoms. The number of halogens is 3. The molecule has 0 unspecified atom stereocenters. The summed E-state index contributed by atoms with van der Waals surface area (Å²) in [7, 11) is 0. The highest BCUT2D eigenvalue weighted by atomic mass is 128. The number of alkyl halides is 1. The third kappa shape index (κ3) is 8.02. The smallest absolute Gasteiger partial charge is 0.0482 e. The molecule has 1 N–H and O–H groups in total. The van der Waals surface area contributed by atoms with E-state index in [1.165, 1.54) is 0 Å². The molecular formula is C3H6I3N. The minimum absolute atomic E-state index is 0.374. The molecule has 0 spiro atoms. The minimum atomic E-state index is 0.374. The van der Waals surface area contributed by atoms with Gasteiger partial charge in [0, 0.05) is 11.1 Å². The van der Waals surface area contributed by atoms with E-state index in [1.807, 2.05) is 0 Å². The van der Waals surface area contributed by atoms with Gasteiger partial charge in [-0.25, -0.2) is 0 Å². The molecule has 0 saturated heterocycles. The van der Waals surface area contributed by atoms with E-state index in [2.05, 4.69) is 50.5 Å². The van der Waals surface area contributed by atoms with E-state index in [4.69, 9.17) is 0 Å². The summed E-state index contributed by atoms with van der Waals surface area (Å²) in [6.07, 6.45) is 0. The Morgan fingerprint density at radius 3 is 2.86 bits per heavy atom. The van der Waals surface area contributed by atoms with Crippen LogP contribution in [-0.4, -0.2) is 15.1 Å². The number of rotatable bonds is 3. The average molecular weight is 437 g/mol. The highest BCUT2D eigenvalue weighted by Crippen LogP contribution is 2.04. The number of hydrogen-bond acceptors (Lipinski definition) is 1. The molecule has 0 heterocycles. The van der Waals surface area contributed by atoms with E-state index in [9.17, 15) is 0 Å². The molecule has 0 aromatic rings. The van der Waals surface area contributed by atoms with E-state index in [-0.39, 0.29) is 0 Å². The van der Waals surface area contributed by atoms with Crippen molar-refractivity contribution in [2.24, 2.45) is 0 Å². The molecule has 1 nitrogen and oxygen atoms in total. The molecule has 0 amide bonds. The van der Waals surface area contributed by atoms with Crippen LogP contribution in [0.4, 0.5) is 0 Å². The Morgan fingerprint density at radius 2 is 2.43 bits per heavy atom. The lowest BCUT2D eigenvalue weighted by Crippen LogP contribution is -2.11.